The van der Waals surface area contributed by atoms with Crippen LogP contribution in [0.15, 0.2) is 21.8 Å². The molecule has 0 atom stereocenters. The van der Waals surface area contributed by atoms with Gasteiger partial charge in [0.05, 0.1) is 18.9 Å². The van der Waals surface area contributed by atoms with Crippen LogP contribution in [-0.2, 0) is 20.5 Å². The van der Waals surface area contributed by atoms with Gasteiger partial charge in [0.25, 0.3) is 0 Å². The third-order valence-corrected chi connectivity index (χ3v) is 7.15. The van der Waals surface area contributed by atoms with Crippen molar-refractivity contribution in [2.24, 2.45) is 4.99 Å². The third-order valence-electron chi connectivity index (χ3n) is 5.34. The van der Waals surface area contributed by atoms with E-state index in [1.807, 2.05) is 6.92 Å². The first-order chi connectivity index (χ1) is 14.6. The Bertz CT molecular complexity index is 747. The summed E-state index contributed by atoms with van der Waals surface area (Å²) < 4.78 is 36.8. The molecule has 2 aliphatic heterocycles. The van der Waals surface area contributed by atoms with Gasteiger partial charge < -0.3 is 19.5 Å². The summed E-state index contributed by atoms with van der Waals surface area (Å²) in [7, 11) is -3.39. The number of morpholine rings is 1. The lowest BCUT2D eigenvalue weighted by Crippen LogP contribution is -2.53. The Balaban J connectivity index is 0.00000341. The van der Waals surface area contributed by atoms with E-state index in [1.165, 1.54) is 10.6 Å². The zero-order valence-electron chi connectivity index (χ0n) is 18.2. The maximum Gasteiger partial charge on any atom is 0.220 e. The summed E-state index contributed by atoms with van der Waals surface area (Å²) in [5, 5.41) is 7.05. The van der Waals surface area contributed by atoms with E-state index in [2.05, 4.69) is 20.3 Å². The van der Waals surface area contributed by atoms with E-state index in [0.29, 0.717) is 31.9 Å². The minimum absolute atomic E-state index is 0. The van der Waals surface area contributed by atoms with Gasteiger partial charge in [0.1, 0.15) is 12.0 Å². The number of sulfonamides is 1. The summed E-state index contributed by atoms with van der Waals surface area (Å²) in [6.07, 6.45) is 3.55. The highest BCUT2D eigenvalue weighted by Gasteiger charge is 2.29. The average molecular weight is 570 g/mol. The topological polar surface area (TPSA) is 104 Å². The molecule has 0 aliphatic carbocycles. The first kappa shape index (κ1) is 26.3. The molecule has 3 heterocycles. The van der Waals surface area contributed by atoms with Crippen molar-refractivity contribution in [1.82, 2.24) is 24.6 Å². The van der Waals surface area contributed by atoms with Crippen LogP contribution in [0.1, 0.15) is 25.5 Å². The first-order valence-electron chi connectivity index (χ1n) is 10.8. The molecule has 0 aromatic carbocycles. The molecule has 1 N–H and O–H groups in total. The Hall–Kier alpha value is -0.960. The number of aliphatic imine (C=N–C) groups is 1. The predicted octanol–water partition coefficient (Wildman–Crippen LogP) is 0.818. The van der Waals surface area contributed by atoms with E-state index in [4.69, 9.17) is 14.3 Å². The fourth-order valence-corrected chi connectivity index (χ4v) is 5.08. The number of guanidine groups is 1. The van der Waals surface area contributed by atoms with E-state index in [-0.39, 0.29) is 29.7 Å². The van der Waals surface area contributed by atoms with Crippen LogP contribution in [0.3, 0.4) is 0 Å². The van der Waals surface area contributed by atoms with Crippen molar-refractivity contribution in [3.63, 3.8) is 0 Å². The van der Waals surface area contributed by atoms with Gasteiger partial charge in [-0.3, -0.25) is 9.89 Å². The fourth-order valence-electron chi connectivity index (χ4n) is 3.65. The number of unbranched alkanes of at least 4 members (excludes halogenated alkanes) is 1. The van der Waals surface area contributed by atoms with Crippen LogP contribution in [0.2, 0.25) is 0 Å². The molecular weight excluding hydrogens is 535 g/mol. The Labute approximate surface area is 202 Å². The van der Waals surface area contributed by atoms with Gasteiger partial charge in [-0.25, -0.2) is 8.42 Å². The second-order valence-corrected chi connectivity index (χ2v) is 9.50. The second kappa shape index (κ2) is 13.6. The normalized spacial score (nSPS) is 19.3. The van der Waals surface area contributed by atoms with Crippen LogP contribution in [0.5, 0.6) is 0 Å². The van der Waals surface area contributed by atoms with Gasteiger partial charge >= 0.3 is 0 Å². The molecule has 0 bridgehead atoms. The van der Waals surface area contributed by atoms with Crippen LogP contribution in [0, 0.1) is 0 Å². The first-order valence-corrected chi connectivity index (χ1v) is 12.4. The summed E-state index contributed by atoms with van der Waals surface area (Å²) in [6.45, 7) is 10.6. The predicted molar refractivity (Wildman–Crippen MR) is 130 cm³/mol. The average Bonchev–Trinajstić information content (AvgIpc) is 3.26. The molecule has 0 unspecified atom stereocenters. The van der Waals surface area contributed by atoms with Gasteiger partial charge in [-0.1, -0.05) is 5.16 Å². The molecule has 1 aromatic rings. The summed E-state index contributed by atoms with van der Waals surface area (Å²) in [5.41, 5.74) is 0.435. The molecule has 3 rings (SSSR count). The van der Waals surface area contributed by atoms with Crippen molar-refractivity contribution in [2.75, 3.05) is 72.1 Å². The zero-order chi connectivity index (χ0) is 21.2. The number of nitrogens with one attached hydrogen (secondary N) is 1. The molecule has 0 saturated carbocycles. The van der Waals surface area contributed by atoms with Crippen molar-refractivity contribution in [2.45, 2.75) is 25.5 Å². The Morgan fingerprint density at radius 3 is 2.55 bits per heavy atom. The number of nitrogens with zero attached hydrogens (tertiary/aromatic N) is 5. The summed E-state index contributed by atoms with van der Waals surface area (Å²) in [5.74, 6) is 0.748. The Kier molecular flexibility index (Phi) is 11.5. The highest BCUT2D eigenvalue weighted by atomic mass is 127. The van der Waals surface area contributed by atoms with Gasteiger partial charge in [0.15, 0.2) is 5.96 Å². The lowest BCUT2D eigenvalue weighted by atomic mass is 10.3. The summed E-state index contributed by atoms with van der Waals surface area (Å²) in [4.78, 5) is 9.35. The van der Waals surface area contributed by atoms with Gasteiger partial charge in [0.2, 0.25) is 10.0 Å². The Morgan fingerprint density at radius 2 is 1.90 bits per heavy atom. The zero-order valence-corrected chi connectivity index (χ0v) is 21.4. The molecule has 10 nitrogen and oxygen atoms in total. The van der Waals surface area contributed by atoms with Gasteiger partial charge in [0, 0.05) is 58.4 Å². The van der Waals surface area contributed by atoms with Crippen LogP contribution in [0.25, 0.3) is 0 Å². The van der Waals surface area contributed by atoms with Crippen molar-refractivity contribution >= 4 is 40.0 Å². The van der Waals surface area contributed by atoms with Gasteiger partial charge in [-0.2, -0.15) is 4.31 Å². The molecule has 1 aromatic heterocycles. The minimum Gasteiger partial charge on any atom is -0.379 e. The molecule has 2 aliphatic rings. The standard InChI is InChI=1S/C19H34N6O4S.HI/c1-2-20-19(21-6-3-4-7-23-12-15-28-16-13-23)24-8-10-25(11-9-24)30(26,27)17-18-5-14-29-22-18;/h5,14H,2-4,6-13,15-17H2,1H3,(H,20,21);1H. The van der Waals surface area contributed by atoms with Gasteiger partial charge in [-0.05, 0) is 26.3 Å². The van der Waals surface area contributed by atoms with E-state index in [9.17, 15) is 8.42 Å². The number of rotatable bonds is 9. The molecule has 0 amide bonds. The minimum atomic E-state index is -3.39. The number of hydrogen-bond acceptors (Lipinski definition) is 7. The third kappa shape index (κ3) is 8.48. The maximum absolute atomic E-state index is 12.6. The molecule has 2 fully saturated rings. The maximum atomic E-state index is 12.6. The van der Waals surface area contributed by atoms with Crippen LogP contribution < -0.4 is 5.32 Å². The monoisotopic (exact) mass is 570 g/mol. The molecule has 2 saturated heterocycles. The highest BCUT2D eigenvalue weighted by Crippen LogP contribution is 2.13. The van der Waals surface area contributed by atoms with E-state index in [0.717, 1.165) is 64.7 Å². The van der Waals surface area contributed by atoms with Crippen LogP contribution in [-0.4, -0.2) is 106 Å². The van der Waals surface area contributed by atoms with Crippen molar-refractivity contribution in [1.29, 1.82) is 0 Å². The van der Waals surface area contributed by atoms with Crippen LogP contribution >= 0.6 is 24.0 Å². The van der Waals surface area contributed by atoms with Gasteiger partial charge in [-0.15, -0.1) is 24.0 Å². The van der Waals surface area contributed by atoms with Crippen molar-refractivity contribution in [3.8, 4) is 0 Å². The quantitative estimate of drug-likeness (QED) is 0.202. The fraction of sp³-hybridized carbons (Fsp3) is 0.789. The second-order valence-electron chi connectivity index (χ2n) is 7.53. The number of ether oxygens (including phenoxy) is 1. The molecule has 12 heteroatoms. The number of hydrogen-bond donors (Lipinski definition) is 1. The van der Waals surface area contributed by atoms with E-state index >= 15 is 0 Å². The van der Waals surface area contributed by atoms with E-state index < -0.39 is 10.0 Å². The molecule has 31 heavy (non-hydrogen) atoms. The lowest BCUT2D eigenvalue weighted by molar-refractivity contribution is 0.0373. The SMILES string of the molecule is CCNC(=NCCCCN1CCOCC1)N1CCN(S(=O)(=O)Cc2ccon2)CC1.I. The molecule has 178 valence electrons. The smallest absolute Gasteiger partial charge is 0.220 e. The lowest BCUT2D eigenvalue weighted by Gasteiger charge is -2.35. The molecular formula is C19H35IN6O4S. The van der Waals surface area contributed by atoms with Crippen molar-refractivity contribution in [3.05, 3.63) is 18.0 Å². The Morgan fingerprint density at radius 1 is 1.16 bits per heavy atom. The van der Waals surface area contributed by atoms with Crippen molar-refractivity contribution < 1.29 is 17.7 Å². The highest BCUT2D eigenvalue weighted by molar-refractivity contribution is 14.0. The molecule has 0 radical (unpaired) electrons. The number of piperazine rings is 1. The van der Waals surface area contributed by atoms with E-state index in [1.54, 1.807) is 6.07 Å². The number of aromatic nitrogens is 1. The van der Waals surface area contributed by atoms with Crippen LogP contribution in [0.4, 0.5) is 0 Å². The summed E-state index contributed by atoms with van der Waals surface area (Å²) in [6, 6.07) is 1.59. The molecule has 0 spiro atoms. The largest absolute Gasteiger partial charge is 0.379 e. The number of halogens is 1. The summed E-state index contributed by atoms with van der Waals surface area (Å²) >= 11 is 0.